The number of hydrogen-bond donors (Lipinski definition) is 0. The van der Waals surface area contributed by atoms with Gasteiger partial charge in [-0.1, -0.05) is 20.8 Å². The zero-order valence-corrected chi connectivity index (χ0v) is 12.3. The summed E-state index contributed by atoms with van der Waals surface area (Å²) in [4.78, 5) is 17.7. The third-order valence-electron chi connectivity index (χ3n) is 2.99. The van der Waals surface area contributed by atoms with Gasteiger partial charge in [-0.05, 0) is 12.8 Å². The molecule has 0 aliphatic heterocycles. The Hall–Kier alpha value is -1.72. The highest BCUT2D eigenvalue weighted by molar-refractivity contribution is 5.72. The molecule has 0 radical (unpaired) electrons. The minimum atomic E-state index is -0.235. The number of hydrogen-bond acceptors (Lipinski definition) is 6. The predicted molar refractivity (Wildman–Crippen MR) is 73.0 cm³/mol. The number of carbonyl (C=O) groups excluding carboxylic acids is 1. The van der Waals surface area contributed by atoms with Crippen LogP contribution in [-0.2, 0) is 22.4 Å². The number of aromatic nitrogens is 3. The van der Waals surface area contributed by atoms with Gasteiger partial charge in [-0.25, -0.2) is 4.98 Å². The lowest BCUT2D eigenvalue weighted by Crippen LogP contribution is -2.31. The van der Waals surface area contributed by atoms with Crippen LogP contribution in [0.15, 0.2) is 0 Å². The van der Waals surface area contributed by atoms with Gasteiger partial charge < -0.3 is 9.64 Å². The fourth-order valence-corrected chi connectivity index (χ4v) is 1.86. The maximum Gasteiger partial charge on any atom is 0.310 e. The lowest BCUT2D eigenvalue weighted by Gasteiger charge is -2.20. The molecule has 6 nitrogen and oxygen atoms in total. The van der Waals surface area contributed by atoms with E-state index in [2.05, 4.69) is 15.2 Å². The van der Waals surface area contributed by atoms with Crippen molar-refractivity contribution >= 4 is 11.9 Å². The average Bonchev–Trinajstić information content (AvgIpc) is 2.45. The first-order valence-electron chi connectivity index (χ1n) is 6.54. The van der Waals surface area contributed by atoms with Crippen LogP contribution in [0.5, 0.6) is 0 Å². The SMILES string of the molecule is CCc1nnc(N(C)CC(C)C(=O)OC)nc1CC. The van der Waals surface area contributed by atoms with E-state index in [9.17, 15) is 4.79 Å². The Kier molecular flexibility index (Phi) is 5.66. The Morgan fingerprint density at radius 1 is 1.26 bits per heavy atom. The Morgan fingerprint density at radius 3 is 2.42 bits per heavy atom. The van der Waals surface area contributed by atoms with Crippen molar-refractivity contribution in [3.8, 4) is 0 Å². The summed E-state index contributed by atoms with van der Waals surface area (Å²) >= 11 is 0. The number of rotatable bonds is 6. The summed E-state index contributed by atoms with van der Waals surface area (Å²) < 4.78 is 4.71. The van der Waals surface area contributed by atoms with Gasteiger partial charge >= 0.3 is 5.97 Å². The Morgan fingerprint density at radius 2 is 1.89 bits per heavy atom. The van der Waals surface area contributed by atoms with E-state index < -0.39 is 0 Å². The van der Waals surface area contributed by atoms with Crippen LogP contribution in [0.4, 0.5) is 5.95 Å². The lowest BCUT2D eigenvalue weighted by atomic mass is 10.2. The zero-order valence-electron chi connectivity index (χ0n) is 12.3. The first-order chi connectivity index (χ1) is 9.03. The van der Waals surface area contributed by atoms with Crippen LogP contribution in [0.25, 0.3) is 0 Å². The molecule has 0 saturated heterocycles. The maximum absolute atomic E-state index is 11.4. The van der Waals surface area contributed by atoms with Gasteiger partial charge in [-0.15, -0.1) is 5.10 Å². The number of carbonyl (C=O) groups is 1. The lowest BCUT2D eigenvalue weighted by molar-refractivity contribution is -0.144. The number of esters is 1. The second kappa shape index (κ2) is 7.01. The second-order valence-electron chi connectivity index (χ2n) is 4.52. The van der Waals surface area contributed by atoms with Gasteiger partial charge in [0.25, 0.3) is 0 Å². The molecule has 1 atom stereocenters. The topological polar surface area (TPSA) is 68.2 Å². The molecule has 6 heteroatoms. The molecule has 0 aliphatic carbocycles. The second-order valence-corrected chi connectivity index (χ2v) is 4.52. The number of methoxy groups -OCH3 is 1. The highest BCUT2D eigenvalue weighted by atomic mass is 16.5. The third kappa shape index (κ3) is 3.87. The molecule has 0 bridgehead atoms. The van der Waals surface area contributed by atoms with Crippen molar-refractivity contribution in [2.24, 2.45) is 5.92 Å². The van der Waals surface area contributed by atoms with Crippen molar-refractivity contribution in [1.29, 1.82) is 0 Å². The van der Waals surface area contributed by atoms with E-state index >= 15 is 0 Å². The molecule has 0 aromatic carbocycles. The highest BCUT2D eigenvalue weighted by Crippen LogP contribution is 2.11. The molecule has 0 aliphatic rings. The van der Waals surface area contributed by atoms with E-state index in [1.807, 2.05) is 32.7 Å². The van der Waals surface area contributed by atoms with E-state index in [4.69, 9.17) is 4.74 Å². The van der Waals surface area contributed by atoms with Crippen LogP contribution in [0.3, 0.4) is 0 Å². The van der Waals surface area contributed by atoms with E-state index in [-0.39, 0.29) is 11.9 Å². The number of aryl methyl sites for hydroxylation is 2. The van der Waals surface area contributed by atoms with Crippen molar-refractivity contribution in [3.05, 3.63) is 11.4 Å². The maximum atomic E-state index is 11.4. The molecule has 0 N–H and O–H groups in total. The van der Waals surface area contributed by atoms with Crippen molar-refractivity contribution in [2.75, 3.05) is 25.6 Å². The van der Waals surface area contributed by atoms with Crippen LogP contribution < -0.4 is 4.90 Å². The molecule has 0 spiro atoms. The van der Waals surface area contributed by atoms with Crippen molar-refractivity contribution in [2.45, 2.75) is 33.6 Å². The molecule has 0 fully saturated rings. The summed E-state index contributed by atoms with van der Waals surface area (Å²) in [6, 6.07) is 0. The Labute approximate surface area is 114 Å². The van der Waals surface area contributed by atoms with Crippen molar-refractivity contribution < 1.29 is 9.53 Å². The minimum Gasteiger partial charge on any atom is -0.469 e. The van der Waals surface area contributed by atoms with Crippen molar-refractivity contribution in [3.63, 3.8) is 0 Å². The Balaban J connectivity index is 2.82. The number of nitrogens with zero attached hydrogens (tertiary/aromatic N) is 4. The summed E-state index contributed by atoms with van der Waals surface area (Å²) in [7, 11) is 3.24. The quantitative estimate of drug-likeness (QED) is 0.722. The molecular weight excluding hydrogens is 244 g/mol. The zero-order chi connectivity index (χ0) is 14.4. The highest BCUT2D eigenvalue weighted by Gasteiger charge is 2.18. The number of anilines is 1. The largest absolute Gasteiger partial charge is 0.469 e. The first-order valence-corrected chi connectivity index (χ1v) is 6.54. The van der Waals surface area contributed by atoms with E-state index in [0.717, 1.165) is 24.2 Å². The van der Waals surface area contributed by atoms with Crippen LogP contribution in [0.2, 0.25) is 0 Å². The predicted octanol–water partition coefficient (Wildman–Crippen LogP) is 1.24. The molecular formula is C13H22N4O2. The van der Waals surface area contributed by atoms with Crippen LogP contribution >= 0.6 is 0 Å². The van der Waals surface area contributed by atoms with Crippen LogP contribution in [0.1, 0.15) is 32.2 Å². The number of ether oxygens (including phenoxy) is 1. The van der Waals surface area contributed by atoms with Crippen LogP contribution in [0, 0.1) is 5.92 Å². The van der Waals surface area contributed by atoms with Gasteiger partial charge in [0.1, 0.15) is 0 Å². The summed E-state index contributed by atoms with van der Waals surface area (Å²) in [5.74, 6) is 0.0834. The van der Waals surface area contributed by atoms with Crippen molar-refractivity contribution in [1.82, 2.24) is 15.2 Å². The molecule has 0 amide bonds. The molecule has 1 rings (SSSR count). The third-order valence-corrected chi connectivity index (χ3v) is 2.99. The smallest absolute Gasteiger partial charge is 0.310 e. The Bertz CT molecular complexity index is 437. The van der Waals surface area contributed by atoms with Crippen LogP contribution in [-0.4, -0.2) is 41.9 Å². The van der Waals surface area contributed by atoms with E-state index in [1.165, 1.54) is 7.11 Å². The van der Waals surface area contributed by atoms with Gasteiger partial charge in [0.2, 0.25) is 5.95 Å². The molecule has 1 heterocycles. The minimum absolute atomic E-state index is 0.227. The van der Waals surface area contributed by atoms with Gasteiger partial charge in [0.05, 0.1) is 24.4 Å². The van der Waals surface area contributed by atoms with E-state index in [1.54, 1.807) is 0 Å². The monoisotopic (exact) mass is 266 g/mol. The van der Waals surface area contributed by atoms with Gasteiger partial charge in [0.15, 0.2) is 0 Å². The van der Waals surface area contributed by atoms with Gasteiger partial charge in [-0.2, -0.15) is 5.10 Å². The first kappa shape index (κ1) is 15.3. The molecule has 0 saturated carbocycles. The molecule has 1 aromatic rings. The molecule has 19 heavy (non-hydrogen) atoms. The molecule has 1 unspecified atom stereocenters. The summed E-state index contributed by atoms with van der Waals surface area (Å²) in [6.07, 6.45) is 1.65. The summed E-state index contributed by atoms with van der Waals surface area (Å²) in [5.41, 5.74) is 1.89. The standard InChI is InChI=1S/C13H22N4O2/c1-6-10-11(7-2)15-16-13(14-10)17(4)8-9(3)12(18)19-5/h9H,6-8H2,1-5H3. The van der Waals surface area contributed by atoms with E-state index in [0.29, 0.717) is 12.5 Å². The van der Waals surface area contributed by atoms with Gasteiger partial charge in [0, 0.05) is 13.6 Å². The van der Waals surface area contributed by atoms with Gasteiger partial charge in [-0.3, -0.25) is 4.79 Å². The summed E-state index contributed by atoms with van der Waals surface area (Å²) in [5, 5.41) is 8.30. The molecule has 106 valence electrons. The average molecular weight is 266 g/mol. The summed E-state index contributed by atoms with van der Waals surface area (Å²) in [6.45, 7) is 6.40. The fourth-order valence-electron chi connectivity index (χ4n) is 1.86. The fraction of sp³-hybridized carbons (Fsp3) is 0.692. The molecule has 1 aromatic heterocycles. The normalized spacial score (nSPS) is 12.1.